The molecule has 1 fully saturated rings. The van der Waals surface area contributed by atoms with Crippen molar-refractivity contribution in [2.24, 2.45) is 0 Å². The van der Waals surface area contributed by atoms with E-state index in [1.54, 1.807) is 4.57 Å². The molecule has 0 aromatic carbocycles. The van der Waals surface area contributed by atoms with Crippen LogP contribution < -0.4 is 11.0 Å². The monoisotopic (exact) mass is 229 g/mol. The number of H-pyrrole nitrogens is 1. The van der Waals surface area contributed by atoms with Crippen LogP contribution in [0.3, 0.4) is 0 Å². The standard InChI is InChI=1S/C10H16ClN3O/c11-9-7-13-10(15)14(9)6-4-8-3-1-2-5-12-8/h7-8,12H,1-6H2,(H,13,15). The number of halogens is 1. The van der Waals surface area contributed by atoms with E-state index in [1.807, 2.05) is 0 Å². The maximum atomic E-state index is 11.3. The summed E-state index contributed by atoms with van der Waals surface area (Å²) < 4.78 is 1.58. The summed E-state index contributed by atoms with van der Waals surface area (Å²) in [7, 11) is 0. The number of nitrogens with zero attached hydrogens (tertiary/aromatic N) is 1. The molecule has 2 heterocycles. The number of nitrogens with one attached hydrogen (secondary N) is 2. The van der Waals surface area contributed by atoms with Crippen LogP contribution in [0.1, 0.15) is 25.7 Å². The lowest BCUT2D eigenvalue weighted by molar-refractivity contribution is 0.365. The third kappa shape index (κ3) is 2.63. The number of rotatable bonds is 3. The first-order valence-corrected chi connectivity index (χ1v) is 5.82. The Labute approximate surface area is 93.6 Å². The van der Waals surface area contributed by atoms with E-state index in [9.17, 15) is 4.79 Å². The van der Waals surface area contributed by atoms with Gasteiger partial charge in [0.25, 0.3) is 0 Å². The predicted octanol–water partition coefficient (Wildman–Crippen LogP) is 1.36. The molecule has 4 nitrogen and oxygen atoms in total. The van der Waals surface area contributed by atoms with Gasteiger partial charge in [-0.3, -0.25) is 4.57 Å². The van der Waals surface area contributed by atoms with Crippen molar-refractivity contribution in [3.05, 3.63) is 21.8 Å². The molecule has 1 atom stereocenters. The van der Waals surface area contributed by atoms with E-state index >= 15 is 0 Å². The molecule has 5 heteroatoms. The first kappa shape index (κ1) is 10.8. The Bertz CT molecular complexity index is 365. The molecule has 1 aromatic rings. The third-order valence-electron chi connectivity index (χ3n) is 2.93. The van der Waals surface area contributed by atoms with E-state index in [2.05, 4.69) is 10.3 Å². The molecule has 1 aromatic heterocycles. The largest absolute Gasteiger partial charge is 0.326 e. The molecule has 0 amide bonds. The van der Waals surface area contributed by atoms with Crippen LogP contribution in [0.4, 0.5) is 0 Å². The van der Waals surface area contributed by atoms with Crippen LogP contribution in [0.5, 0.6) is 0 Å². The zero-order valence-corrected chi connectivity index (χ0v) is 9.39. The lowest BCUT2D eigenvalue weighted by Crippen LogP contribution is -2.35. The van der Waals surface area contributed by atoms with Crippen LogP contribution in [-0.4, -0.2) is 22.1 Å². The number of piperidine rings is 1. The SMILES string of the molecule is O=c1[nH]cc(Cl)n1CCC1CCCCN1. The molecule has 2 rings (SSSR count). The first-order chi connectivity index (χ1) is 7.27. The Morgan fingerprint density at radius 3 is 3.00 bits per heavy atom. The van der Waals surface area contributed by atoms with Gasteiger partial charge in [0.15, 0.2) is 0 Å². The number of hydrogen-bond acceptors (Lipinski definition) is 2. The highest BCUT2D eigenvalue weighted by Crippen LogP contribution is 2.12. The van der Waals surface area contributed by atoms with Gasteiger partial charge in [0.05, 0.1) is 0 Å². The van der Waals surface area contributed by atoms with Gasteiger partial charge < -0.3 is 10.3 Å². The second-order valence-corrected chi connectivity index (χ2v) is 4.39. The van der Waals surface area contributed by atoms with E-state index in [1.165, 1.54) is 25.5 Å². The van der Waals surface area contributed by atoms with Crippen molar-refractivity contribution in [1.82, 2.24) is 14.9 Å². The van der Waals surface area contributed by atoms with Gasteiger partial charge in [-0.2, -0.15) is 0 Å². The smallest absolute Gasteiger partial charge is 0.314 e. The Morgan fingerprint density at radius 1 is 1.53 bits per heavy atom. The van der Waals surface area contributed by atoms with Crippen molar-refractivity contribution in [2.45, 2.75) is 38.3 Å². The van der Waals surface area contributed by atoms with E-state index in [4.69, 9.17) is 11.6 Å². The zero-order chi connectivity index (χ0) is 10.7. The van der Waals surface area contributed by atoms with Crippen molar-refractivity contribution >= 4 is 11.6 Å². The molecular weight excluding hydrogens is 214 g/mol. The minimum atomic E-state index is -0.115. The molecule has 1 unspecified atom stereocenters. The van der Waals surface area contributed by atoms with E-state index < -0.39 is 0 Å². The lowest BCUT2D eigenvalue weighted by Gasteiger charge is -2.23. The summed E-state index contributed by atoms with van der Waals surface area (Å²) in [6, 6.07) is 0.539. The average Bonchev–Trinajstić information content (AvgIpc) is 2.58. The second-order valence-electron chi connectivity index (χ2n) is 4.00. The predicted molar refractivity (Wildman–Crippen MR) is 60.3 cm³/mol. The van der Waals surface area contributed by atoms with Gasteiger partial charge in [-0.25, -0.2) is 4.79 Å². The highest BCUT2D eigenvalue weighted by Gasteiger charge is 2.13. The minimum absolute atomic E-state index is 0.115. The molecule has 1 aliphatic heterocycles. The van der Waals surface area contributed by atoms with Crippen molar-refractivity contribution in [1.29, 1.82) is 0 Å². The summed E-state index contributed by atoms with van der Waals surface area (Å²) in [4.78, 5) is 13.9. The zero-order valence-electron chi connectivity index (χ0n) is 8.63. The lowest BCUT2D eigenvalue weighted by atomic mass is 10.0. The van der Waals surface area contributed by atoms with Crippen molar-refractivity contribution < 1.29 is 0 Å². The van der Waals surface area contributed by atoms with Crippen molar-refractivity contribution in [2.75, 3.05) is 6.54 Å². The summed E-state index contributed by atoms with van der Waals surface area (Å²) in [6.45, 7) is 1.79. The molecule has 2 N–H and O–H groups in total. The number of imidazole rings is 1. The molecule has 1 aliphatic rings. The molecule has 1 saturated heterocycles. The van der Waals surface area contributed by atoms with E-state index in [-0.39, 0.29) is 5.69 Å². The summed E-state index contributed by atoms with van der Waals surface area (Å²) in [5, 5.41) is 3.95. The van der Waals surface area contributed by atoms with Crippen LogP contribution in [0.15, 0.2) is 11.0 Å². The van der Waals surface area contributed by atoms with Crippen LogP contribution in [-0.2, 0) is 6.54 Å². The van der Waals surface area contributed by atoms with E-state index in [0.717, 1.165) is 13.0 Å². The van der Waals surface area contributed by atoms with Gasteiger partial charge in [-0.05, 0) is 25.8 Å². The highest BCUT2D eigenvalue weighted by molar-refractivity contribution is 6.29. The second kappa shape index (κ2) is 4.86. The molecule has 0 radical (unpaired) electrons. The quantitative estimate of drug-likeness (QED) is 0.823. The summed E-state index contributed by atoms with van der Waals surface area (Å²) in [6.07, 6.45) is 6.27. The van der Waals surface area contributed by atoms with Crippen LogP contribution in [0.2, 0.25) is 5.15 Å². The van der Waals surface area contributed by atoms with Crippen LogP contribution in [0, 0.1) is 0 Å². The summed E-state index contributed by atoms with van der Waals surface area (Å²) in [5.74, 6) is 0. The molecule has 0 saturated carbocycles. The molecule has 15 heavy (non-hydrogen) atoms. The molecular formula is C10H16ClN3O. The molecule has 0 aliphatic carbocycles. The maximum Gasteiger partial charge on any atom is 0.326 e. The number of aromatic nitrogens is 2. The van der Waals surface area contributed by atoms with Gasteiger partial charge >= 0.3 is 5.69 Å². The average molecular weight is 230 g/mol. The van der Waals surface area contributed by atoms with Gasteiger partial charge in [0.2, 0.25) is 0 Å². The number of aromatic amines is 1. The first-order valence-electron chi connectivity index (χ1n) is 5.44. The van der Waals surface area contributed by atoms with Gasteiger partial charge in [-0.1, -0.05) is 18.0 Å². The Morgan fingerprint density at radius 2 is 2.40 bits per heavy atom. The fraction of sp³-hybridized carbons (Fsp3) is 0.700. The topological polar surface area (TPSA) is 49.8 Å². The molecule has 0 bridgehead atoms. The molecule has 0 spiro atoms. The Balaban J connectivity index is 1.89. The maximum absolute atomic E-state index is 11.3. The fourth-order valence-electron chi connectivity index (χ4n) is 2.04. The Hall–Kier alpha value is -0.740. The van der Waals surface area contributed by atoms with Crippen molar-refractivity contribution in [3.8, 4) is 0 Å². The van der Waals surface area contributed by atoms with Crippen molar-refractivity contribution in [3.63, 3.8) is 0 Å². The normalized spacial score (nSPS) is 21.8. The van der Waals surface area contributed by atoms with E-state index in [0.29, 0.717) is 17.7 Å². The van der Waals surface area contributed by atoms with Gasteiger partial charge in [-0.15, -0.1) is 0 Å². The van der Waals surface area contributed by atoms with Gasteiger partial charge in [0, 0.05) is 18.8 Å². The summed E-state index contributed by atoms with van der Waals surface area (Å²) in [5.41, 5.74) is -0.115. The Kier molecular flexibility index (Phi) is 3.49. The summed E-state index contributed by atoms with van der Waals surface area (Å²) >= 11 is 5.87. The highest BCUT2D eigenvalue weighted by atomic mass is 35.5. The van der Waals surface area contributed by atoms with Crippen LogP contribution >= 0.6 is 11.6 Å². The fourth-order valence-corrected chi connectivity index (χ4v) is 2.25. The number of hydrogen-bond donors (Lipinski definition) is 2. The minimum Gasteiger partial charge on any atom is -0.314 e. The molecule has 84 valence electrons. The van der Waals surface area contributed by atoms with Crippen LogP contribution in [0.25, 0.3) is 0 Å². The third-order valence-corrected chi connectivity index (χ3v) is 3.24. The van der Waals surface area contributed by atoms with Gasteiger partial charge in [0.1, 0.15) is 5.15 Å².